The minimum absolute atomic E-state index is 0.892. The number of nitrogens with zero attached hydrogens (tertiary/aromatic N) is 3. The van der Waals surface area contributed by atoms with Crippen LogP contribution in [0.3, 0.4) is 0 Å². The quantitative estimate of drug-likeness (QED) is 0.788. The summed E-state index contributed by atoms with van der Waals surface area (Å²) < 4.78 is 1.95. The SMILES string of the molecule is CCCNCCCc1c(C)nn(-c2ccccn2)c1C. The van der Waals surface area contributed by atoms with Gasteiger partial charge in [0.15, 0.2) is 5.82 Å². The zero-order chi connectivity index (χ0) is 14.4. The number of aryl methyl sites for hydroxylation is 1. The van der Waals surface area contributed by atoms with E-state index >= 15 is 0 Å². The molecule has 2 heterocycles. The Balaban J connectivity index is 2.06. The van der Waals surface area contributed by atoms with Crippen molar-refractivity contribution in [3.8, 4) is 5.82 Å². The molecule has 0 aromatic carbocycles. The summed E-state index contributed by atoms with van der Waals surface area (Å²) in [4.78, 5) is 4.37. The molecule has 0 bridgehead atoms. The standard InChI is InChI=1S/C16H24N4/c1-4-10-17-11-7-8-15-13(2)19-20(14(15)3)16-9-5-6-12-18-16/h5-6,9,12,17H,4,7-8,10-11H2,1-3H3. The van der Waals surface area contributed by atoms with Crippen LogP contribution < -0.4 is 5.32 Å². The Hall–Kier alpha value is -1.68. The average molecular weight is 272 g/mol. The highest BCUT2D eigenvalue weighted by Gasteiger charge is 2.12. The van der Waals surface area contributed by atoms with Crippen LogP contribution in [0, 0.1) is 13.8 Å². The molecule has 4 heteroatoms. The molecule has 0 saturated carbocycles. The molecule has 4 nitrogen and oxygen atoms in total. The fourth-order valence-corrected chi connectivity index (χ4v) is 2.43. The van der Waals surface area contributed by atoms with Gasteiger partial charge in [-0.15, -0.1) is 0 Å². The first-order valence-corrected chi connectivity index (χ1v) is 7.41. The van der Waals surface area contributed by atoms with Gasteiger partial charge in [-0.2, -0.15) is 5.10 Å². The minimum Gasteiger partial charge on any atom is -0.317 e. The van der Waals surface area contributed by atoms with E-state index in [1.54, 1.807) is 6.20 Å². The van der Waals surface area contributed by atoms with Gasteiger partial charge in [-0.25, -0.2) is 9.67 Å². The van der Waals surface area contributed by atoms with Crippen molar-refractivity contribution < 1.29 is 0 Å². The Morgan fingerprint density at radius 3 is 2.75 bits per heavy atom. The summed E-state index contributed by atoms with van der Waals surface area (Å²) in [6.07, 6.45) is 5.21. The van der Waals surface area contributed by atoms with Crippen LogP contribution in [-0.4, -0.2) is 27.9 Å². The molecule has 20 heavy (non-hydrogen) atoms. The Labute approximate surface area is 121 Å². The van der Waals surface area contributed by atoms with Crippen molar-refractivity contribution >= 4 is 0 Å². The lowest BCUT2D eigenvalue weighted by atomic mass is 10.1. The normalized spacial score (nSPS) is 10.9. The summed E-state index contributed by atoms with van der Waals surface area (Å²) in [5, 5.41) is 8.07. The van der Waals surface area contributed by atoms with Crippen molar-refractivity contribution in [1.29, 1.82) is 0 Å². The van der Waals surface area contributed by atoms with E-state index in [0.29, 0.717) is 0 Å². The fraction of sp³-hybridized carbons (Fsp3) is 0.500. The van der Waals surface area contributed by atoms with Crippen molar-refractivity contribution in [3.05, 3.63) is 41.3 Å². The largest absolute Gasteiger partial charge is 0.317 e. The van der Waals surface area contributed by atoms with Gasteiger partial charge in [0.25, 0.3) is 0 Å². The topological polar surface area (TPSA) is 42.7 Å². The van der Waals surface area contributed by atoms with Gasteiger partial charge in [-0.3, -0.25) is 0 Å². The predicted octanol–water partition coefficient (Wildman–Crippen LogP) is 2.82. The fourth-order valence-electron chi connectivity index (χ4n) is 2.43. The molecule has 0 aliphatic carbocycles. The van der Waals surface area contributed by atoms with Crippen LogP contribution in [0.2, 0.25) is 0 Å². The molecule has 0 unspecified atom stereocenters. The number of pyridine rings is 1. The van der Waals surface area contributed by atoms with Gasteiger partial charge in [0.1, 0.15) is 0 Å². The highest BCUT2D eigenvalue weighted by atomic mass is 15.3. The smallest absolute Gasteiger partial charge is 0.153 e. The summed E-state index contributed by atoms with van der Waals surface area (Å²) in [6, 6.07) is 5.91. The van der Waals surface area contributed by atoms with Crippen LogP contribution in [0.5, 0.6) is 0 Å². The first-order chi connectivity index (χ1) is 9.74. The third kappa shape index (κ3) is 3.45. The third-order valence-corrected chi connectivity index (χ3v) is 3.51. The van der Waals surface area contributed by atoms with Crippen molar-refractivity contribution in [1.82, 2.24) is 20.1 Å². The maximum Gasteiger partial charge on any atom is 0.153 e. The molecule has 0 aliphatic rings. The maximum absolute atomic E-state index is 4.63. The van der Waals surface area contributed by atoms with E-state index in [9.17, 15) is 0 Å². The van der Waals surface area contributed by atoms with Crippen molar-refractivity contribution in [2.75, 3.05) is 13.1 Å². The van der Waals surface area contributed by atoms with E-state index in [2.05, 4.69) is 36.2 Å². The molecule has 0 aliphatic heterocycles. The van der Waals surface area contributed by atoms with Crippen molar-refractivity contribution in [2.24, 2.45) is 0 Å². The molecule has 0 atom stereocenters. The first kappa shape index (κ1) is 14.7. The number of nitrogens with one attached hydrogen (secondary N) is 1. The van der Waals surface area contributed by atoms with Gasteiger partial charge in [0.05, 0.1) is 5.69 Å². The number of aromatic nitrogens is 3. The molecule has 108 valence electrons. The molecule has 0 fully saturated rings. The van der Waals surface area contributed by atoms with E-state index in [1.165, 1.54) is 17.7 Å². The molecule has 2 aromatic rings. The number of hydrogen-bond acceptors (Lipinski definition) is 3. The molecule has 0 saturated heterocycles. The number of hydrogen-bond donors (Lipinski definition) is 1. The molecule has 2 rings (SSSR count). The highest BCUT2D eigenvalue weighted by Crippen LogP contribution is 2.17. The first-order valence-electron chi connectivity index (χ1n) is 7.41. The summed E-state index contributed by atoms with van der Waals surface area (Å²) in [6.45, 7) is 8.58. The van der Waals surface area contributed by atoms with Crippen LogP contribution >= 0.6 is 0 Å². The third-order valence-electron chi connectivity index (χ3n) is 3.51. The van der Waals surface area contributed by atoms with E-state index in [1.807, 2.05) is 22.9 Å². The van der Waals surface area contributed by atoms with Gasteiger partial charge in [0.2, 0.25) is 0 Å². The van der Waals surface area contributed by atoms with Crippen LogP contribution in [0.15, 0.2) is 24.4 Å². The molecular weight excluding hydrogens is 248 g/mol. The molecule has 1 N–H and O–H groups in total. The second-order valence-electron chi connectivity index (χ2n) is 5.10. The average Bonchev–Trinajstić information content (AvgIpc) is 2.75. The molecule has 0 amide bonds. The minimum atomic E-state index is 0.892. The molecule has 0 radical (unpaired) electrons. The highest BCUT2D eigenvalue weighted by molar-refractivity contribution is 5.32. The maximum atomic E-state index is 4.63. The summed E-state index contributed by atoms with van der Waals surface area (Å²) in [5.74, 6) is 0.892. The van der Waals surface area contributed by atoms with E-state index in [4.69, 9.17) is 0 Å². The van der Waals surface area contributed by atoms with E-state index < -0.39 is 0 Å². The summed E-state index contributed by atoms with van der Waals surface area (Å²) in [7, 11) is 0. The van der Waals surface area contributed by atoms with Crippen LogP contribution in [-0.2, 0) is 6.42 Å². The molecule has 0 spiro atoms. The lowest BCUT2D eigenvalue weighted by Gasteiger charge is -2.05. The van der Waals surface area contributed by atoms with E-state index in [-0.39, 0.29) is 0 Å². The van der Waals surface area contributed by atoms with Crippen LogP contribution in [0.4, 0.5) is 0 Å². The zero-order valence-electron chi connectivity index (χ0n) is 12.7. The second-order valence-corrected chi connectivity index (χ2v) is 5.10. The Bertz CT molecular complexity index is 531. The predicted molar refractivity (Wildman–Crippen MR) is 82.3 cm³/mol. The van der Waals surface area contributed by atoms with Gasteiger partial charge in [-0.1, -0.05) is 13.0 Å². The van der Waals surface area contributed by atoms with Gasteiger partial charge in [-0.05, 0) is 63.9 Å². The molecule has 2 aromatic heterocycles. The van der Waals surface area contributed by atoms with Crippen LogP contribution in [0.25, 0.3) is 5.82 Å². The van der Waals surface area contributed by atoms with Crippen molar-refractivity contribution in [3.63, 3.8) is 0 Å². The Morgan fingerprint density at radius 2 is 2.05 bits per heavy atom. The summed E-state index contributed by atoms with van der Waals surface area (Å²) >= 11 is 0. The summed E-state index contributed by atoms with van der Waals surface area (Å²) in [5.41, 5.74) is 3.68. The van der Waals surface area contributed by atoms with E-state index in [0.717, 1.165) is 37.4 Å². The van der Waals surface area contributed by atoms with Gasteiger partial charge in [0, 0.05) is 11.9 Å². The van der Waals surface area contributed by atoms with Gasteiger partial charge >= 0.3 is 0 Å². The van der Waals surface area contributed by atoms with Crippen LogP contribution in [0.1, 0.15) is 36.7 Å². The Kier molecular flexibility index (Phi) is 5.30. The van der Waals surface area contributed by atoms with Crippen molar-refractivity contribution in [2.45, 2.75) is 40.0 Å². The lowest BCUT2D eigenvalue weighted by Crippen LogP contribution is -2.16. The second kappa shape index (κ2) is 7.20. The lowest BCUT2D eigenvalue weighted by molar-refractivity contribution is 0.638. The Morgan fingerprint density at radius 1 is 1.20 bits per heavy atom. The van der Waals surface area contributed by atoms with Gasteiger partial charge < -0.3 is 5.32 Å². The number of rotatable bonds is 7. The molecular formula is C16H24N4. The monoisotopic (exact) mass is 272 g/mol. The zero-order valence-corrected chi connectivity index (χ0v) is 12.7.